The fraction of sp³-hybridized carbons (Fsp3) is 0.375. The van der Waals surface area contributed by atoms with Gasteiger partial charge in [-0.15, -0.1) is 0 Å². The first-order valence-electron chi connectivity index (χ1n) is 6.71. The summed E-state index contributed by atoms with van der Waals surface area (Å²) in [5.41, 5.74) is 4.05. The summed E-state index contributed by atoms with van der Waals surface area (Å²) in [6.45, 7) is 5.53. The molecule has 1 aromatic heterocycles. The molecule has 0 aliphatic rings. The van der Waals surface area contributed by atoms with Crippen LogP contribution in [0.1, 0.15) is 38.3 Å². The van der Waals surface area contributed by atoms with Crippen molar-refractivity contribution < 1.29 is 0 Å². The van der Waals surface area contributed by atoms with E-state index in [1.807, 2.05) is 0 Å². The summed E-state index contributed by atoms with van der Waals surface area (Å²) >= 11 is 1.75. The number of benzene rings is 1. The van der Waals surface area contributed by atoms with Gasteiger partial charge in [0.05, 0.1) is 0 Å². The standard InChI is InChI=1S/C16H21NS/c1-3-9-17-16(4-2)14-7-5-6-13(11-14)15-8-10-18-12-15/h5-8,10-12,16-17H,3-4,9H2,1-2H3. The lowest BCUT2D eigenvalue weighted by Gasteiger charge is -2.17. The zero-order chi connectivity index (χ0) is 12.8. The predicted molar refractivity (Wildman–Crippen MR) is 81.1 cm³/mol. The van der Waals surface area contributed by atoms with Gasteiger partial charge in [-0.05, 0) is 59.0 Å². The fourth-order valence-electron chi connectivity index (χ4n) is 2.18. The minimum absolute atomic E-state index is 0.475. The largest absolute Gasteiger partial charge is 0.310 e. The normalized spacial score (nSPS) is 12.6. The van der Waals surface area contributed by atoms with Gasteiger partial charge in [-0.25, -0.2) is 0 Å². The van der Waals surface area contributed by atoms with E-state index in [0.29, 0.717) is 6.04 Å². The highest BCUT2D eigenvalue weighted by molar-refractivity contribution is 7.08. The smallest absolute Gasteiger partial charge is 0.0317 e. The monoisotopic (exact) mass is 259 g/mol. The van der Waals surface area contributed by atoms with E-state index < -0.39 is 0 Å². The van der Waals surface area contributed by atoms with Crippen LogP contribution in [0.2, 0.25) is 0 Å². The molecule has 1 heterocycles. The first-order valence-corrected chi connectivity index (χ1v) is 7.65. The first-order chi connectivity index (χ1) is 8.85. The number of hydrogen-bond donors (Lipinski definition) is 1. The second kappa shape index (κ2) is 6.72. The van der Waals surface area contributed by atoms with Crippen molar-refractivity contribution in [1.29, 1.82) is 0 Å². The van der Waals surface area contributed by atoms with Gasteiger partial charge in [0.2, 0.25) is 0 Å². The van der Waals surface area contributed by atoms with Crippen LogP contribution in [-0.2, 0) is 0 Å². The van der Waals surface area contributed by atoms with Crippen LogP contribution in [0.15, 0.2) is 41.1 Å². The van der Waals surface area contributed by atoms with Crippen molar-refractivity contribution in [2.75, 3.05) is 6.54 Å². The van der Waals surface area contributed by atoms with Crippen molar-refractivity contribution in [1.82, 2.24) is 5.32 Å². The van der Waals surface area contributed by atoms with Gasteiger partial charge in [0.1, 0.15) is 0 Å². The minimum Gasteiger partial charge on any atom is -0.310 e. The molecule has 1 atom stereocenters. The van der Waals surface area contributed by atoms with E-state index in [1.165, 1.54) is 23.1 Å². The van der Waals surface area contributed by atoms with E-state index >= 15 is 0 Å². The lowest BCUT2D eigenvalue weighted by Crippen LogP contribution is -2.21. The Hall–Kier alpha value is -1.12. The van der Waals surface area contributed by atoms with E-state index in [4.69, 9.17) is 0 Å². The Morgan fingerprint density at radius 2 is 2.06 bits per heavy atom. The summed E-state index contributed by atoms with van der Waals surface area (Å²) in [6.07, 6.45) is 2.31. The predicted octanol–water partition coefficient (Wildman–Crippen LogP) is 4.87. The molecular formula is C16H21NS. The van der Waals surface area contributed by atoms with Gasteiger partial charge in [-0.2, -0.15) is 11.3 Å². The minimum atomic E-state index is 0.475. The molecule has 0 bridgehead atoms. The molecule has 1 nitrogen and oxygen atoms in total. The molecule has 0 saturated carbocycles. The molecule has 0 aliphatic carbocycles. The third-order valence-electron chi connectivity index (χ3n) is 3.19. The molecule has 18 heavy (non-hydrogen) atoms. The summed E-state index contributed by atoms with van der Waals surface area (Å²) in [4.78, 5) is 0. The van der Waals surface area contributed by atoms with Crippen molar-refractivity contribution in [3.8, 4) is 11.1 Å². The Kier molecular flexibility index (Phi) is 4.97. The van der Waals surface area contributed by atoms with Gasteiger partial charge < -0.3 is 5.32 Å². The number of hydrogen-bond acceptors (Lipinski definition) is 2. The van der Waals surface area contributed by atoms with Crippen LogP contribution in [0.4, 0.5) is 0 Å². The van der Waals surface area contributed by atoms with Gasteiger partial charge in [0.15, 0.2) is 0 Å². The van der Waals surface area contributed by atoms with Gasteiger partial charge >= 0.3 is 0 Å². The Morgan fingerprint density at radius 1 is 1.17 bits per heavy atom. The molecule has 1 unspecified atom stereocenters. The van der Waals surface area contributed by atoms with Crippen molar-refractivity contribution in [3.63, 3.8) is 0 Å². The first kappa shape index (κ1) is 13.3. The zero-order valence-electron chi connectivity index (χ0n) is 11.1. The zero-order valence-corrected chi connectivity index (χ0v) is 12.0. The quantitative estimate of drug-likeness (QED) is 0.780. The molecule has 0 fully saturated rings. The number of nitrogens with one attached hydrogen (secondary N) is 1. The summed E-state index contributed by atoms with van der Waals surface area (Å²) < 4.78 is 0. The Morgan fingerprint density at radius 3 is 2.72 bits per heavy atom. The number of rotatable bonds is 6. The molecular weight excluding hydrogens is 238 g/mol. The maximum Gasteiger partial charge on any atom is 0.0317 e. The molecule has 0 amide bonds. The second-order valence-electron chi connectivity index (χ2n) is 4.55. The second-order valence-corrected chi connectivity index (χ2v) is 5.33. The molecule has 2 heteroatoms. The van der Waals surface area contributed by atoms with Crippen LogP contribution in [-0.4, -0.2) is 6.54 Å². The van der Waals surface area contributed by atoms with Crippen molar-refractivity contribution in [3.05, 3.63) is 46.7 Å². The fourth-order valence-corrected chi connectivity index (χ4v) is 2.85. The van der Waals surface area contributed by atoms with Crippen LogP contribution in [0.3, 0.4) is 0 Å². The Labute approximate surface area is 114 Å². The van der Waals surface area contributed by atoms with E-state index in [0.717, 1.165) is 13.0 Å². The van der Waals surface area contributed by atoms with Gasteiger partial charge in [-0.1, -0.05) is 32.0 Å². The number of thiophene rings is 1. The molecule has 0 saturated heterocycles. The topological polar surface area (TPSA) is 12.0 Å². The highest BCUT2D eigenvalue weighted by Gasteiger charge is 2.09. The van der Waals surface area contributed by atoms with Crippen LogP contribution in [0.25, 0.3) is 11.1 Å². The summed E-state index contributed by atoms with van der Waals surface area (Å²) in [5, 5.41) is 7.95. The maximum atomic E-state index is 3.61. The van der Waals surface area contributed by atoms with Crippen molar-refractivity contribution in [2.24, 2.45) is 0 Å². The van der Waals surface area contributed by atoms with Crippen LogP contribution >= 0.6 is 11.3 Å². The third kappa shape index (κ3) is 3.21. The summed E-state index contributed by atoms with van der Waals surface area (Å²) in [6, 6.07) is 11.6. The van der Waals surface area contributed by atoms with E-state index in [-0.39, 0.29) is 0 Å². The van der Waals surface area contributed by atoms with Crippen LogP contribution in [0, 0.1) is 0 Å². The highest BCUT2D eigenvalue weighted by Crippen LogP contribution is 2.26. The molecule has 0 aliphatic heterocycles. The lowest BCUT2D eigenvalue weighted by molar-refractivity contribution is 0.518. The van der Waals surface area contributed by atoms with Gasteiger partial charge in [-0.3, -0.25) is 0 Å². The highest BCUT2D eigenvalue weighted by atomic mass is 32.1. The van der Waals surface area contributed by atoms with E-state index in [9.17, 15) is 0 Å². The Balaban J connectivity index is 2.20. The molecule has 0 radical (unpaired) electrons. The van der Waals surface area contributed by atoms with Crippen LogP contribution < -0.4 is 5.32 Å². The summed E-state index contributed by atoms with van der Waals surface area (Å²) in [7, 11) is 0. The van der Waals surface area contributed by atoms with Crippen molar-refractivity contribution >= 4 is 11.3 Å². The van der Waals surface area contributed by atoms with Crippen LogP contribution in [0.5, 0.6) is 0 Å². The van der Waals surface area contributed by atoms with Crippen molar-refractivity contribution in [2.45, 2.75) is 32.7 Å². The SMILES string of the molecule is CCCNC(CC)c1cccc(-c2ccsc2)c1. The molecule has 96 valence electrons. The maximum absolute atomic E-state index is 3.61. The average Bonchev–Trinajstić information content (AvgIpc) is 2.94. The molecule has 1 aromatic carbocycles. The molecule has 1 N–H and O–H groups in total. The van der Waals surface area contributed by atoms with Gasteiger partial charge in [0.25, 0.3) is 0 Å². The average molecular weight is 259 g/mol. The van der Waals surface area contributed by atoms with Gasteiger partial charge in [0, 0.05) is 6.04 Å². The summed E-state index contributed by atoms with van der Waals surface area (Å²) in [5.74, 6) is 0. The molecule has 2 rings (SSSR count). The van der Waals surface area contributed by atoms with E-state index in [2.05, 4.69) is 60.3 Å². The molecule has 2 aromatic rings. The lowest BCUT2D eigenvalue weighted by atomic mass is 9.99. The Bertz CT molecular complexity index is 462. The van der Waals surface area contributed by atoms with E-state index in [1.54, 1.807) is 11.3 Å². The third-order valence-corrected chi connectivity index (χ3v) is 3.88. The molecule has 0 spiro atoms.